The predicted molar refractivity (Wildman–Crippen MR) is 71.8 cm³/mol. The van der Waals surface area contributed by atoms with Crippen LogP contribution in [0.5, 0.6) is 0 Å². The van der Waals surface area contributed by atoms with Crippen molar-refractivity contribution in [1.82, 2.24) is 0 Å². The van der Waals surface area contributed by atoms with E-state index >= 15 is 0 Å². The van der Waals surface area contributed by atoms with Gasteiger partial charge in [-0.15, -0.1) is 0 Å². The monoisotopic (exact) mass is 369 g/mol. The van der Waals surface area contributed by atoms with Crippen molar-refractivity contribution in [3.8, 4) is 0 Å². The zero-order chi connectivity index (χ0) is 10.6. The van der Waals surface area contributed by atoms with Gasteiger partial charge in [-0.1, -0.05) is 0 Å². The molecule has 0 aromatic heterocycles. The zero-order valence-corrected chi connectivity index (χ0v) is 11.9. The van der Waals surface area contributed by atoms with Crippen molar-refractivity contribution in [3.05, 3.63) is 26.2 Å². The van der Waals surface area contributed by atoms with Gasteiger partial charge in [0.25, 0.3) is 0 Å². The summed E-state index contributed by atoms with van der Waals surface area (Å²) in [5.74, 6) is 0. The van der Waals surface area contributed by atoms with Gasteiger partial charge in [0, 0.05) is 26.9 Å². The average Bonchev–Trinajstić information content (AvgIpc) is 2.12. The molecule has 0 radical (unpaired) electrons. The fourth-order valence-electron chi connectivity index (χ4n) is 1.16. The van der Waals surface area contributed by atoms with E-state index in [1.54, 1.807) is 7.11 Å². The van der Waals surface area contributed by atoms with E-state index in [1.807, 2.05) is 0 Å². The molecule has 1 N–H and O–H groups in total. The van der Waals surface area contributed by atoms with Crippen molar-refractivity contribution < 1.29 is 4.74 Å². The van der Waals surface area contributed by atoms with Crippen LogP contribution in [0.25, 0.3) is 0 Å². The Bertz CT molecular complexity index is 306. The van der Waals surface area contributed by atoms with Gasteiger partial charge in [0.05, 0.1) is 6.61 Å². The first-order chi connectivity index (χ1) is 6.63. The van der Waals surface area contributed by atoms with Crippen LogP contribution in [0.1, 0.15) is 6.92 Å². The number of anilines is 1. The van der Waals surface area contributed by atoms with E-state index in [1.165, 1.54) is 3.57 Å². The minimum atomic E-state index is 0.326. The Labute approximate surface area is 107 Å². The number of nitrogens with one attached hydrogen (secondary N) is 1. The van der Waals surface area contributed by atoms with Crippen LogP contribution in [0.2, 0.25) is 0 Å². The molecule has 1 aromatic carbocycles. The Morgan fingerprint density at radius 1 is 1.57 bits per heavy atom. The lowest BCUT2D eigenvalue weighted by molar-refractivity contribution is 0.190. The van der Waals surface area contributed by atoms with Crippen molar-refractivity contribution in [1.29, 1.82) is 0 Å². The molecule has 2 nitrogen and oxygen atoms in total. The first-order valence-corrected chi connectivity index (χ1v) is 6.21. The summed E-state index contributed by atoms with van der Waals surface area (Å²) in [5, 5.41) is 3.35. The lowest BCUT2D eigenvalue weighted by atomic mass is 10.3. The molecule has 78 valence electrons. The van der Waals surface area contributed by atoms with E-state index in [0.717, 1.165) is 10.2 Å². The summed E-state index contributed by atoms with van der Waals surface area (Å²) in [6.45, 7) is 2.80. The lowest BCUT2D eigenvalue weighted by Gasteiger charge is -2.14. The highest BCUT2D eigenvalue weighted by Gasteiger charge is 2.02. The summed E-state index contributed by atoms with van der Waals surface area (Å²) in [7, 11) is 1.71. The van der Waals surface area contributed by atoms with Crippen LogP contribution in [0, 0.1) is 3.57 Å². The lowest BCUT2D eigenvalue weighted by Crippen LogP contribution is -2.20. The van der Waals surface area contributed by atoms with Crippen molar-refractivity contribution in [2.24, 2.45) is 0 Å². The summed E-state index contributed by atoms with van der Waals surface area (Å²) < 4.78 is 7.39. The first-order valence-electron chi connectivity index (χ1n) is 4.34. The van der Waals surface area contributed by atoms with Crippen LogP contribution < -0.4 is 5.32 Å². The molecule has 1 aromatic rings. The van der Waals surface area contributed by atoms with Crippen molar-refractivity contribution in [2.75, 3.05) is 19.0 Å². The molecule has 0 spiro atoms. The van der Waals surface area contributed by atoms with E-state index in [4.69, 9.17) is 4.74 Å². The van der Waals surface area contributed by atoms with Gasteiger partial charge in [-0.05, 0) is 63.6 Å². The second kappa shape index (κ2) is 5.92. The van der Waals surface area contributed by atoms with Crippen LogP contribution in [0.3, 0.4) is 0 Å². The van der Waals surface area contributed by atoms with E-state index in [2.05, 4.69) is 69.0 Å². The van der Waals surface area contributed by atoms with E-state index in [9.17, 15) is 0 Å². The smallest absolute Gasteiger partial charge is 0.0661 e. The standard InChI is InChI=1S/C10H13BrINO/c1-7(6-14-2)13-8-3-4-10(12)9(11)5-8/h3-5,7,13H,6H2,1-2H3. The SMILES string of the molecule is COCC(C)Nc1ccc(I)c(Br)c1. The van der Waals surface area contributed by atoms with Crippen molar-refractivity contribution in [3.63, 3.8) is 0 Å². The van der Waals surface area contributed by atoms with Crippen LogP contribution in [0.15, 0.2) is 22.7 Å². The van der Waals surface area contributed by atoms with Gasteiger partial charge in [0.1, 0.15) is 0 Å². The van der Waals surface area contributed by atoms with Gasteiger partial charge >= 0.3 is 0 Å². The summed E-state index contributed by atoms with van der Waals surface area (Å²) in [6.07, 6.45) is 0. The molecule has 1 unspecified atom stereocenters. The molecular formula is C10H13BrINO. The molecule has 0 saturated carbocycles. The quantitative estimate of drug-likeness (QED) is 0.820. The highest BCUT2D eigenvalue weighted by atomic mass is 127. The third-order valence-corrected chi connectivity index (χ3v) is 4.09. The number of halogens is 2. The summed E-state index contributed by atoms with van der Waals surface area (Å²) in [4.78, 5) is 0. The third kappa shape index (κ3) is 3.74. The number of rotatable bonds is 4. The molecule has 4 heteroatoms. The van der Waals surface area contributed by atoms with Crippen LogP contribution in [-0.2, 0) is 4.74 Å². The number of ether oxygens (including phenoxy) is 1. The Morgan fingerprint density at radius 2 is 2.29 bits per heavy atom. The van der Waals surface area contributed by atoms with E-state index in [-0.39, 0.29) is 0 Å². The number of hydrogen-bond donors (Lipinski definition) is 1. The zero-order valence-electron chi connectivity index (χ0n) is 8.18. The Morgan fingerprint density at radius 3 is 2.86 bits per heavy atom. The summed E-state index contributed by atoms with van der Waals surface area (Å²) in [6, 6.07) is 6.55. The molecule has 1 rings (SSSR count). The van der Waals surface area contributed by atoms with Crippen LogP contribution in [0.4, 0.5) is 5.69 Å². The maximum absolute atomic E-state index is 5.05. The number of methoxy groups -OCH3 is 1. The average molecular weight is 370 g/mol. The fraction of sp³-hybridized carbons (Fsp3) is 0.400. The molecule has 0 aliphatic heterocycles. The van der Waals surface area contributed by atoms with Gasteiger partial charge in [0.2, 0.25) is 0 Å². The molecular weight excluding hydrogens is 357 g/mol. The second-order valence-corrected chi connectivity index (χ2v) is 5.15. The van der Waals surface area contributed by atoms with Gasteiger partial charge in [-0.3, -0.25) is 0 Å². The molecule has 0 aliphatic carbocycles. The molecule has 14 heavy (non-hydrogen) atoms. The Kier molecular flexibility index (Phi) is 5.19. The largest absolute Gasteiger partial charge is 0.383 e. The van der Waals surface area contributed by atoms with Crippen LogP contribution >= 0.6 is 38.5 Å². The first kappa shape index (κ1) is 12.3. The summed E-state index contributed by atoms with van der Waals surface area (Å²) >= 11 is 5.79. The molecule has 0 heterocycles. The summed E-state index contributed by atoms with van der Waals surface area (Å²) in [5.41, 5.74) is 1.11. The molecule has 0 fully saturated rings. The van der Waals surface area contributed by atoms with Crippen LogP contribution in [-0.4, -0.2) is 19.8 Å². The Hall–Kier alpha value is 0.190. The van der Waals surface area contributed by atoms with Gasteiger partial charge in [0.15, 0.2) is 0 Å². The molecule has 0 amide bonds. The predicted octanol–water partition coefficient (Wildman–Crippen LogP) is 3.50. The van der Waals surface area contributed by atoms with Gasteiger partial charge in [-0.25, -0.2) is 0 Å². The van der Waals surface area contributed by atoms with Crippen molar-refractivity contribution in [2.45, 2.75) is 13.0 Å². The van der Waals surface area contributed by atoms with E-state index in [0.29, 0.717) is 12.6 Å². The second-order valence-electron chi connectivity index (χ2n) is 3.13. The van der Waals surface area contributed by atoms with Gasteiger partial charge in [-0.2, -0.15) is 0 Å². The Balaban J connectivity index is 2.63. The molecule has 0 saturated heterocycles. The fourth-order valence-corrected chi connectivity index (χ4v) is 1.88. The number of benzene rings is 1. The normalized spacial score (nSPS) is 12.6. The molecule has 1 atom stereocenters. The maximum atomic E-state index is 5.05. The molecule has 0 aliphatic rings. The molecule has 0 bridgehead atoms. The van der Waals surface area contributed by atoms with Crippen molar-refractivity contribution >= 4 is 44.2 Å². The highest BCUT2D eigenvalue weighted by Crippen LogP contribution is 2.23. The third-order valence-electron chi connectivity index (χ3n) is 1.75. The maximum Gasteiger partial charge on any atom is 0.0661 e. The topological polar surface area (TPSA) is 21.3 Å². The van der Waals surface area contributed by atoms with E-state index < -0.39 is 0 Å². The van der Waals surface area contributed by atoms with Gasteiger partial charge < -0.3 is 10.1 Å². The minimum Gasteiger partial charge on any atom is -0.383 e. The number of hydrogen-bond acceptors (Lipinski definition) is 2. The minimum absolute atomic E-state index is 0.326. The highest BCUT2D eigenvalue weighted by molar-refractivity contribution is 14.1.